The quantitative estimate of drug-likeness (QED) is 0.657. The van der Waals surface area contributed by atoms with E-state index in [0.29, 0.717) is 6.42 Å². The number of carbonyl (C=O) groups excluding carboxylic acids is 1. The summed E-state index contributed by atoms with van der Waals surface area (Å²) in [4.78, 5) is 10.5. The molecule has 0 heterocycles. The van der Waals surface area contributed by atoms with Gasteiger partial charge in [0.25, 0.3) is 0 Å². The highest BCUT2D eigenvalue weighted by molar-refractivity contribution is 7.84. The van der Waals surface area contributed by atoms with Gasteiger partial charge in [0.1, 0.15) is 0 Å². The predicted molar refractivity (Wildman–Crippen MR) is 38.7 cm³/mol. The highest BCUT2D eigenvalue weighted by Crippen LogP contribution is 1.97. The standard InChI is InChI=1S/C5H11NO4S/c1-2-3-4-5(7)10-11(6,8)9/h2-4H2,1H3,(H2,6,8,9). The third-order valence-corrected chi connectivity index (χ3v) is 1.36. The van der Waals surface area contributed by atoms with Crippen LogP contribution in [-0.2, 0) is 19.3 Å². The lowest BCUT2D eigenvalue weighted by Crippen LogP contribution is -2.20. The molecule has 0 saturated heterocycles. The molecule has 11 heavy (non-hydrogen) atoms. The molecule has 6 heteroatoms. The molecule has 0 aromatic heterocycles. The zero-order valence-electron chi connectivity index (χ0n) is 6.24. The Morgan fingerprint density at radius 1 is 1.55 bits per heavy atom. The van der Waals surface area contributed by atoms with E-state index in [0.717, 1.165) is 6.42 Å². The Morgan fingerprint density at radius 3 is 2.45 bits per heavy atom. The van der Waals surface area contributed by atoms with Crippen LogP contribution in [0.1, 0.15) is 26.2 Å². The third kappa shape index (κ3) is 7.27. The maximum absolute atomic E-state index is 10.5. The smallest absolute Gasteiger partial charge is 0.334 e. The molecule has 0 fully saturated rings. The van der Waals surface area contributed by atoms with Gasteiger partial charge >= 0.3 is 16.3 Å². The van der Waals surface area contributed by atoms with E-state index >= 15 is 0 Å². The van der Waals surface area contributed by atoms with Gasteiger partial charge in [0, 0.05) is 6.42 Å². The second kappa shape index (κ2) is 4.30. The zero-order chi connectivity index (χ0) is 8.91. The lowest BCUT2D eigenvalue weighted by molar-refractivity contribution is -0.133. The first-order chi connectivity index (χ1) is 4.95. The van der Waals surface area contributed by atoms with Crippen molar-refractivity contribution in [2.75, 3.05) is 0 Å². The molecule has 0 aliphatic heterocycles. The minimum atomic E-state index is -4.10. The van der Waals surface area contributed by atoms with Crippen LogP contribution >= 0.6 is 0 Å². The molecule has 66 valence electrons. The first-order valence-corrected chi connectivity index (χ1v) is 4.68. The largest absolute Gasteiger partial charge is 0.382 e. The fraction of sp³-hybridized carbons (Fsp3) is 0.800. The number of nitrogens with two attached hydrogens (primary N) is 1. The van der Waals surface area contributed by atoms with Crippen molar-refractivity contribution >= 4 is 16.3 Å². The number of rotatable bonds is 4. The second-order valence-electron chi connectivity index (χ2n) is 2.05. The van der Waals surface area contributed by atoms with Crippen molar-refractivity contribution in [3.63, 3.8) is 0 Å². The SMILES string of the molecule is CCCCC(=O)OS(N)(=O)=O. The Balaban J connectivity index is 3.71. The summed E-state index contributed by atoms with van der Waals surface area (Å²) in [5.41, 5.74) is 0. The van der Waals surface area contributed by atoms with Gasteiger partial charge in [0.05, 0.1) is 0 Å². The highest BCUT2D eigenvalue weighted by atomic mass is 32.2. The van der Waals surface area contributed by atoms with E-state index in [2.05, 4.69) is 9.32 Å². The maximum Gasteiger partial charge on any atom is 0.382 e. The van der Waals surface area contributed by atoms with E-state index in [4.69, 9.17) is 0 Å². The van der Waals surface area contributed by atoms with Crippen LogP contribution in [0.2, 0.25) is 0 Å². The fourth-order valence-corrected chi connectivity index (χ4v) is 0.835. The van der Waals surface area contributed by atoms with Crippen molar-refractivity contribution in [2.45, 2.75) is 26.2 Å². The van der Waals surface area contributed by atoms with Crippen LogP contribution in [0.15, 0.2) is 0 Å². The monoisotopic (exact) mass is 181 g/mol. The highest BCUT2D eigenvalue weighted by Gasteiger charge is 2.09. The second-order valence-corrected chi connectivity index (χ2v) is 3.20. The number of carbonyl (C=O) groups is 1. The summed E-state index contributed by atoms with van der Waals surface area (Å²) in [5, 5.41) is 4.44. The number of hydrogen-bond donors (Lipinski definition) is 1. The molecule has 0 aliphatic carbocycles. The first kappa shape index (κ1) is 10.4. The average molecular weight is 181 g/mol. The number of hydrogen-bond acceptors (Lipinski definition) is 4. The van der Waals surface area contributed by atoms with Crippen LogP contribution in [0.25, 0.3) is 0 Å². The summed E-state index contributed by atoms with van der Waals surface area (Å²) >= 11 is 0. The van der Waals surface area contributed by atoms with Gasteiger partial charge in [-0.3, -0.25) is 4.79 Å². The minimum Gasteiger partial charge on any atom is -0.334 e. The van der Waals surface area contributed by atoms with Gasteiger partial charge in [0.2, 0.25) is 0 Å². The van der Waals surface area contributed by atoms with Gasteiger partial charge < -0.3 is 4.18 Å². The molecule has 0 spiro atoms. The summed E-state index contributed by atoms with van der Waals surface area (Å²) in [6.07, 6.45) is 1.50. The van der Waals surface area contributed by atoms with Crippen LogP contribution in [0.4, 0.5) is 0 Å². The van der Waals surface area contributed by atoms with E-state index in [1.165, 1.54) is 0 Å². The van der Waals surface area contributed by atoms with E-state index in [9.17, 15) is 13.2 Å². The van der Waals surface area contributed by atoms with Crippen LogP contribution in [0.3, 0.4) is 0 Å². The molecule has 0 atom stereocenters. The minimum absolute atomic E-state index is 0.0902. The van der Waals surface area contributed by atoms with Gasteiger partial charge in [-0.15, -0.1) is 0 Å². The fourth-order valence-electron chi connectivity index (χ4n) is 0.492. The van der Waals surface area contributed by atoms with Crippen LogP contribution in [0, 0.1) is 0 Å². The Bertz CT molecular complexity index is 221. The molecule has 0 aromatic rings. The van der Waals surface area contributed by atoms with Crippen molar-refractivity contribution in [1.82, 2.24) is 0 Å². The van der Waals surface area contributed by atoms with E-state index in [-0.39, 0.29) is 6.42 Å². The molecule has 0 aromatic carbocycles. The lowest BCUT2D eigenvalue weighted by atomic mass is 10.3. The topological polar surface area (TPSA) is 86.5 Å². The van der Waals surface area contributed by atoms with Crippen molar-refractivity contribution in [2.24, 2.45) is 5.14 Å². The number of unbranched alkanes of at least 4 members (excludes halogenated alkanes) is 1. The maximum atomic E-state index is 10.5. The van der Waals surface area contributed by atoms with Crippen LogP contribution in [0.5, 0.6) is 0 Å². The zero-order valence-corrected chi connectivity index (χ0v) is 7.06. The summed E-state index contributed by atoms with van der Waals surface area (Å²) in [6.45, 7) is 1.88. The van der Waals surface area contributed by atoms with Crippen molar-refractivity contribution in [3.05, 3.63) is 0 Å². The Labute approximate surface area is 65.8 Å². The molecular formula is C5H11NO4S. The Morgan fingerprint density at radius 2 is 2.09 bits per heavy atom. The normalized spacial score (nSPS) is 11.1. The molecule has 0 saturated carbocycles. The molecule has 0 radical (unpaired) electrons. The molecule has 0 rings (SSSR count). The molecule has 5 nitrogen and oxygen atoms in total. The van der Waals surface area contributed by atoms with Crippen molar-refractivity contribution in [1.29, 1.82) is 0 Å². The summed E-state index contributed by atoms with van der Waals surface area (Å²) in [7, 11) is -4.10. The summed E-state index contributed by atoms with van der Waals surface area (Å²) < 4.78 is 24.1. The van der Waals surface area contributed by atoms with Crippen LogP contribution in [-0.4, -0.2) is 14.4 Å². The predicted octanol–water partition coefficient (Wildman–Crippen LogP) is -0.0767. The summed E-state index contributed by atoms with van der Waals surface area (Å²) in [6, 6.07) is 0. The summed E-state index contributed by atoms with van der Waals surface area (Å²) in [5.74, 6) is -0.797. The third-order valence-electron chi connectivity index (χ3n) is 0.944. The lowest BCUT2D eigenvalue weighted by Gasteiger charge is -1.98. The molecule has 0 amide bonds. The van der Waals surface area contributed by atoms with Crippen molar-refractivity contribution in [3.8, 4) is 0 Å². The van der Waals surface area contributed by atoms with Gasteiger partial charge in [-0.2, -0.15) is 13.6 Å². The van der Waals surface area contributed by atoms with Gasteiger partial charge in [-0.25, -0.2) is 0 Å². The molecule has 0 aliphatic rings. The van der Waals surface area contributed by atoms with Gasteiger partial charge in [-0.1, -0.05) is 13.3 Å². The Hall–Kier alpha value is -0.620. The van der Waals surface area contributed by atoms with Crippen LogP contribution < -0.4 is 5.14 Å². The molecule has 0 bridgehead atoms. The Kier molecular flexibility index (Phi) is 4.06. The van der Waals surface area contributed by atoms with E-state index < -0.39 is 16.3 Å². The molecular weight excluding hydrogens is 170 g/mol. The first-order valence-electron chi connectivity index (χ1n) is 3.20. The van der Waals surface area contributed by atoms with Gasteiger partial charge in [0.15, 0.2) is 0 Å². The van der Waals surface area contributed by atoms with Crippen molar-refractivity contribution < 1.29 is 17.4 Å². The average Bonchev–Trinajstić information content (AvgIpc) is 1.79. The van der Waals surface area contributed by atoms with E-state index in [1.807, 2.05) is 6.92 Å². The molecule has 2 N–H and O–H groups in total. The van der Waals surface area contributed by atoms with Gasteiger partial charge in [-0.05, 0) is 6.42 Å². The molecule has 0 unspecified atom stereocenters. The van der Waals surface area contributed by atoms with E-state index in [1.54, 1.807) is 0 Å².